The fourth-order valence-electron chi connectivity index (χ4n) is 2.16. The van der Waals surface area contributed by atoms with Crippen molar-refractivity contribution in [1.82, 2.24) is 4.98 Å². The molecule has 3 nitrogen and oxygen atoms in total. The Hall–Kier alpha value is -1.48. The maximum absolute atomic E-state index is 5.62. The van der Waals surface area contributed by atoms with E-state index >= 15 is 0 Å². The van der Waals surface area contributed by atoms with Gasteiger partial charge in [0.2, 0.25) is 0 Å². The van der Waals surface area contributed by atoms with Gasteiger partial charge in [-0.25, -0.2) is 0 Å². The lowest BCUT2D eigenvalue weighted by Gasteiger charge is -2.07. The van der Waals surface area contributed by atoms with Crippen molar-refractivity contribution < 1.29 is 4.74 Å². The Labute approximate surface area is 95.6 Å². The number of methoxy groups -OCH3 is 1. The lowest BCUT2D eigenvalue weighted by molar-refractivity contribution is 0.419. The van der Waals surface area contributed by atoms with Crippen molar-refractivity contribution in [3.63, 3.8) is 0 Å². The molecule has 1 aromatic carbocycles. The summed E-state index contributed by atoms with van der Waals surface area (Å²) in [4.78, 5) is 3.33. The van der Waals surface area contributed by atoms with Gasteiger partial charge in [-0.05, 0) is 36.6 Å². The van der Waals surface area contributed by atoms with Crippen LogP contribution in [0.2, 0.25) is 0 Å². The lowest BCUT2D eigenvalue weighted by atomic mass is 10.0. The maximum atomic E-state index is 5.62. The van der Waals surface area contributed by atoms with Gasteiger partial charge in [-0.3, -0.25) is 0 Å². The largest absolute Gasteiger partial charge is 0.496 e. The van der Waals surface area contributed by atoms with E-state index in [1.807, 2.05) is 12.3 Å². The van der Waals surface area contributed by atoms with Gasteiger partial charge in [-0.15, -0.1) is 0 Å². The number of rotatable bonds is 4. The Balaban J connectivity index is 2.67. The first kappa shape index (κ1) is 11.0. The number of aromatic nitrogens is 1. The summed E-state index contributed by atoms with van der Waals surface area (Å²) in [5.74, 6) is 0.928. The van der Waals surface area contributed by atoms with Crippen LogP contribution < -0.4 is 10.5 Å². The lowest BCUT2D eigenvalue weighted by Crippen LogP contribution is -2.02. The highest BCUT2D eigenvalue weighted by Crippen LogP contribution is 2.31. The summed E-state index contributed by atoms with van der Waals surface area (Å²) >= 11 is 0. The molecule has 0 aliphatic carbocycles. The van der Waals surface area contributed by atoms with Gasteiger partial charge in [0.25, 0.3) is 0 Å². The first-order valence-electron chi connectivity index (χ1n) is 5.67. The Bertz CT molecular complexity index is 488. The Morgan fingerprint density at radius 1 is 1.31 bits per heavy atom. The minimum atomic E-state index is 0.659. The van der Waals surface area contributed by atoms with Gasteiger partial charge < -0.3 is 15.5 Å². The van der Waals surface area contributed by atoms with Gasteiger partial charge in [0.1, 0.15) is 5.75 Å². The van der Waals surface area contributed by atoms with Crippen LogP contribution >= 0.6 is 0 Å². The van der Waals surface area contributed by atoms with Crippen LogP contribution in [-0.2, 0) is 12.8 Å². The average Bonchev–Trinajstić information content (AvgIpc) is 2.73. The second kappa shape index (κ2) is 4.58. The van der Waals surface area contributed by atoms with Crippen LogP contribution in [-0.4, -0.2) is 18.6 Å². The van der Waals surface area contributed by atoms with Gasteiger partial charge >= 0.3 is 0 Å². The predicted octanol–water partition coefficient (Wildman–Crippen LogP) is 2.24. The molecule has 2 aromatic rings. The molecule has 2 rings (SSSR count). The molecular weight excluding hydrogens is 200 g/mol. The number of ether oxygens (including phenoxy) is 1. The minimum absolute atomic E-state index is 0.659. The van der Waals surface area contributed by atoms with Crippen LogP contribution in [0, 0.1) is 0 Å². The van der Waals surface area contributed by atoms with Crippen LogP contribution in [0.25, 0.3) is 10.9 Å². The van der Waals surface area contributed by atoms with E-state index in [2.05, 4.69) is 18.0 Å². The summed E-state index contributed by atoms with van der Waals surface area (Å²) in [6.07, 6.45) is 3.94. The molecule has 0 saturated carbocycles. The Kier molecular flexibility index (Phi) is 3.15. The van der Waals surface area contributed by atoms with E-state index in [0.29, 0.717) is 6.54 Å². The highest BCUT2D eigenvalue weighted by molar-refractivity contribution is 5.91. The molecule has 0 amide bonds. The van der Waals surface area contributed by atoms with Crippen LogP contribution in [0.15, 0.2) is 18.3 Å². The number of aryl methyl sites for hydroxylation is 1. The minimum Gasteiger partial charge on any atom is -0.496 e. The summed E-state index contributed by atoms with van der Waals surface area (Å²) in [6.45, 7) is 2.82. The highest BCUT2D eigenvalue weighted by atomic mass is 16.5. The molecule has 0 atom stereocenters. The Morgan fingerprint density at radius 2 is 2.12 bits per heavy atom. The van der Waals surface area contributed by atoms with E-state index in [1.165, 1.54) is 22.0 Å². The molecule has 3 heteroatoms. The number of hydrogen-bond acceptors (Lipinski definition) is 2. The molecule has 16 heavy (non-hydrogen) atoms. The average molecular weight is 218 g/mol. The van der Waals surface area contributed by atoms with E-state index in [0.717, 1.165) is 18.6 Å². The Morgan fingerprint density at radius 3 is 2.75 bits per heavy atom. The van der Waals surface area contributed by atoms with Gasteiger partial charge in [0, 0.05) is 11.6 Å². The highest BCUT2D eigenvalue weighted by Gasteiger charge is 2.11. The third kappa shape index (κ3) is 1.67. The van der Waals surface area contributed by atoms with Gasteiger partial charge in [0.05, 0.1) is 12.6 Å². The molecule has 0 spiro atoms. The second-order valence-corrected chi connectivity index (χ2v) is 3.88. The van der Waals surface area contributed by atoms with Crippen LogP contribution in [0.1, 0.15) is 18.1 Å². The van der Waals surface area contributed by atoms with Crippen molar-refractivity contribution >= 4 is 10.9 Å². The van der Waals surface area contributed by atoms with Crippen molar-refractivity contribution in [2.24, 2.45) is 5.73 Å². The summed E-state index contributed by atoms with van der Waals surface area (Å²) in [7, 11) is 1.71. The fourth-order valence-corrected chi connectivity index (χ4v) is 2.16. The van der Waals surface area contributed by atoms with Crippen LogP contribution in [0.3, 0.4) is 0 Å². The molecule has 0 radical (unpaired) electrons. The predicted molar refractivity (Wildman–Crippen MR) is 67.0 cm³/mol. The topological polar surface area (TPSA) is 51.0 Å². The number of nitrogens with two attached hydrogens (primary N) is 1. The molecule has 3 N–H and O–H groups in total. The SMILES string of the molecule is CCc1ccc(OC)c2c(CCN)c[nH]c12. The monoisotopic (exact) mass is 218 g/mol. The van der Waals surface area contributed by atoms with E-state index in [1.54, 1.807) is 7.11 Å². The normalized spacial score (nSPS) is 10.9. The zero-order valence-corrected chi connectivity index (χ0v) is 9.84. The zero-order chi connectivity index (χ0) is 11.5. The van der Waals surface area contributed by atoms with Gasteiger partial charge in [0.15, 0.2) is 0 Å². The third-order valence-electron chi connectivity index (χ3n) is 2.98. The maximum Gasteiger partial charge on any atom is 0.128 e. The number of benzene rings is 1. The number of nitrogens with one attached hydrogen (secondary N) is 1. The molecule has 0 aliphatic rings. The van der Waals surface area contributed by atoms with Crippen LogP contribution in [0.4, 0.5) is 0 Å². The van der Waals surface area contributed by atoms with Crippen molar-refractivity contribution in [3.05, 3.63) is 29.5 Å². The van der Waals surface area contributed by atoms with Crippen molar-refractivity contribution in [2.45, 2.75) is 19.8 Å². The fraction of sp³-hybridized carbons (Fsp3) is 0.385. The van der Waals surface area contributed by atoms with E-state index in [9.17, 15) is 0 Å². The number of hydrogen-bond donors (Lipinski definition) is 2. The second-order valence-electron chi connectivity index (χ2n) is 3.88. The third-order valence-corrected chi connectivity index (χ3v) is 2.98. The van der Waals surface area contributed by atoms with Gasteiger partial charge in [-0.1, -0.05) is 13.0 Å². The standard InChI is InChI=1S/C13H18N2O/c1-3-9-4-5-11(16-2)12-10(6-7-14)8-15-13(9)12/h4-5,8,15H,3,6-7,14H2,1-2H3. The summed E-state index contributed by atoms with van der Waals surface area (Å²) < 4.78 is 5.41. The zero-order valence-electron chi connectivity index (χ0n) is 9.84. The van der Waals surface area contributed by atoms with Crippen molar-refractivity contribution in [3.8, 4) is 5.75 Å². The first-order valence-corrected chi connectivity index (χ1v) is 5.67. The van der Waals surface area contributed by atoms with E-state index < -0.39 is 0 Å². The molecule has 0 unspecified atom stereocenters. The molecule has 0 saturated heterocycles. The molecule has 86 valence electrons. The van der Waals surface area contributed by atoms with Gasteiger partial charge in [-0.2, -0.15) is 0 Å². The summed E-state index contributed by atoms with van der Waals surface area (Å²) in [6, 6.07) is 4.15. The summed E-state index contributed by atoms with van der Waals surface area (Å²) in [5, 5.41) is 1.19. The molecular formula is C13H18N2O. The number of H-pyrrole nitrogens is 1. The number of fused-ring (bicyclic) bond motifs is 1. The molecule has 0 aliphatic heterocycles. The quantitative estimate of drug-likeness (QED) is 0.827. The number of aromatic amines is 1. The summed E-state index contributed by atoms with van der Waals surface area (Å²) in [5.41, 5.74) is 9.36. The van der Waals surface area contributed by atoms with E-state index in [-0.39, 0.29) is 0 Å². The molecule has 0 fully saturated rings. The molecule has 1 heterocycles. The van der Waals surface area contributed by atoms with Crippen molar-refractivity contribution in [1.29, 1.82) is 0 Å². The first-order chi connectivity index (χ1) is 7.81. The van der Waals surface area contributed by atoms with Crippen molar-refractivity contribution in [2.75, 3.05) is 13.7 Å². The van der Waals surface area contributed by atoms with Crippen LogP contribution in [0.5, 0.6) is 5.75 Å². The smallest absolute Gasteiger partial charge is 0.128 e. The molecule has 1 aromatic heterocycles. The molecule has 0 bridgehead atoms. The van der Waals surface area contributed by atoms with E-state index in [4.69, 9.17) is 10.5 Å².